The van der Waals surface area contributed by atoms with Crippen molar-refractivity contribution in [2.24, 2.45) is 0 Å². The number of carbonyl (C=O) groups is 1. The van der Waals surface area contributed by atoms with Crippen LogP contribution in [0.3, 0.4) is 0 Å². The summed E-state index contributed by atoms with van der Waals surface area (Å²) in [6, 6.07) is 1.74. The van der Waals surface area contributed by atoms with Crippen molar-refractivity contribution in [2.45, 2.75) is 20.0 Å². The van der Waals surface area contributed by atoms with Crippen LogP contribution in [0.4, 0.5) is 0 Å². The lowest BCUT2D eigenvalue weighted by molar-refractivity contribution is -0.137. The Morgan fingerprint density at radius 3 is 2.79 bits per heavy atom. The molecule has 1 amide bonds. The molecule has 7 heteroatoms. The van der Waals surface area contributed by atoms with Crippen LogP contribution in [0, 0.1) is 0 Å². The first-order chi connectivity index (χ1) is 11.5. The fraction of sp³-hybridized carbons (Fsp3) is 0.353. The lowest BCUT2D eigenvalue weighted by atomic mass is 10.1. The number of hydrogen-bond acceptors (Lipinski definition) is 5. The van der Waals surface area contributed by atoms with Crippen LogP contribution in [0.25, 0.3) is 16.5 Å². The normalized spacial score (nSPS) is 14.4. The van der Waals surface area contributed by atoms with Gasteiger partial charge in [0.25, 0.3) is 0 Å². The predicted molar refractivity (Wildman–Crippen MR) is 91.9 cm³/mol. The molecule has 0 spiro atoms. The standard InChI is InChI=1S/C17H18ClN3O3/c1-4-23-10(2)14-6-20-17(15-7-19-16(18)5-13(14)15)24-12-8-21(9-12)11(3)22/h5-7,12H,2,4,8-9H2,1,3H3. The second kappa shape index (κ2) is 6.65. The minimum Gasteiger partial charge on any atom is -0.494 e. The summed E-state index contributed by atoms with van der Waals surface area (Å²) < 4.78 is 11.4. The monoisotopic (exact) mass is 347 g/mol. The average molecular weight is 348 g/mol. The van der Waals surface area contributed by atoms with Gasteiger partial charge >= 0.3 is 0 Å². The molecular formula is C17H18ClN3O3. The minimum atomic E-state index is -0.0683. The van der Waals surface area contributed by atoms with Crippen molar-refractivity contribution in [1.29, 1.82) is 0 Å². The first-order valence-corrected chi connectivity index (χ1v) is 8.06. The van der Waals surface area contributed by atoms with Crippen molar-refractivity contribution in [2.75, 3.05) is 19.7 Å². The molecule has 0 N–H and O–H groups in total. The Bertz CT molecular complexity index is 803. The van der Waals surface area contributed by atoms with Crippen LogP contribution < -0.4 is 4.74 Å². The van der Waals surface area contributed by atoms with Gasteiger partial charge in [-0.1, -0.05) is 18.2 Å². The van der Waals surface area contributed by atoms with Crippen LogP contribution in [-0.4, -0.2) is 46.6 Å². The van der Waals surface area contributed by atoms with Crippen LogP contribution in [0.15, 0.2) is 25.0 Å². The average Bonchev–Trinajstić information content (AvgIpc) is 2.49. The molecule has 3 heterocycles. The van der Waals surface area contributed by atoms with Crippen LogP contribution in [0.5, 0.6) is 5.88 Å². The van der Waals surface area contributed by atoms with Crippen LogP contribution in [0.2, 0.25) is 5.15 Å². The van der Waals surface area contributed by atoms with Gasteiger partial charge in [-0.25, -0.2) is 9.97 Å². The molecule has 126 valence electrons. The third-order valence-electron chi connectivity index (χ3n) is 3.89. The number of pyridine rings is 2. The molecule has 1 aliphatic heterocycles. The van der Waals surface area contributed by atoms with E-state index in [1.54, 1.807) is 30.3 Å². The maximum atomic E-state index is 11.3. The van der Waals surface area contributed by atoms with E-state index in [1.807, 2.05) is 6.92 Å². The Balaban J connectivity index is 1.91. The molecule has 2 aromatic heterocycles. The molecule has 0 aliphatic carbocycles. The smallest absolute Gasteiger partial charge is 0.223 e. The predicted octanol–water partition coefficient (Wildman–Crippen LogP) is 2.90. The van der Waals surface area contributed by atoms with E-state index < -0.39 is 0 Å². The summed E-state index contributed by atoms with van der Waals surface area (Å²) in [5.74, 6) is 1.04. The molecule has 0 saturated carbocycles. The Morgan fingerprint density at radius 2 is 2.12 bits per heavy atom. The van der Waals surface area contributed by atoms with Crippen molar-refractivity contribution >= 4 is 34.0 Å². The number of carbonyl (C=O) groups excluding carboxylic acids is 1. The topological polar surface area (TPSA) is 64.6 Å². The SMILES string of the molecule is C=C(OCC)c1cnc(OC2CN(C(C)=O)C2)c2cnc(Cl)cc12. The summed E-state index contributed by atoms with van der Waals surface area (Å²) >= 11 is 6.04. The molecule has 3 rings (SSSR count). The molecule has 1 aliphatic rings. The Kier molecular flexibility index (Phi) is 4.57. The number of rotatable bonds is 5. The molecule has 1 fully saturated rings. The summed E-state index contributed by atoms with van der Waals surface area (Å²) in [5.41, 5.74) is 0.752. The molecule has 0 atom stereocenters. The van der Waals surface area contributed by atoms with E-state index in [0.717, 1.165) is 16.3 Å². The van der Waals surface area contributed by atoms with Crippen LogP contribution >= 0.6 is 11.6 Å². The van der Waals surface area contributed by atoms with E-state index in [0.29, 0.717) is 36.5 Å². The maximum absolute atomic E-state index is 11.3. The summed E-state index contributed by atoms with van der Waals surface area (Å²) in [7, 11) is 0. The van der Waals surface area contributed by atoms with Gasteiger partial charge in [-0.15, -0.1) is 0 Å². The number of fused-ring (bicyclic) bond motifs is 1. The molecule has 6 nitrogen and oxygen atoms in total. The molecule has 1 saturated heterocycles. The minimum absolute atomic E-state index is 0.0458. The van der Waals surface area contributed by atoms with Gasteiger partial charge in [0, 0.05) is 30.3 Å². The second-order valence-corrected chi connectivity index (χ2v) is 5.94. The zero-order chi connectivity index (χ0) is 17.3. The number of likely N-dealkylation sites (tertiary alicyclic amines) is 1. The fourth-order valence-corrected chi connectivity index (χ4v) is 2.74. The van der Waals surface area contributed by atoms with Gasteiger partial charge < -0.3 is 14.4 Å². The highest BCUT2D eigenvalue weighted by Crippen LogP contribution is 2.32. The van der Waals surface area contributed by atoms with Crippen LogP contribution in [0.1, 0.15) is 19.4 Å². The molecule has 2 aromatic rings. The van der Waals surface area contributed by atoms with Gasteiger partial charge in [0.05, 0.1) is 25.1 Å². The number of aromatic nitrogens is 2. The van der Waals surface area contributed by atoms with Gasteiger partial charge in [-0.2, -0.15) is 0 Å². The Hall–Kier alpha value is -2.34. The first kappa shape index (κ1) is 16.5. The quantitative estimate of drug-likeness (QED) is 0.614. The maximum Gasteiger partial charge on any atom is 0.223 e. The number of ether oxygens (including phenoxy) is 2. The Morgan fingerprint density at radius 1 is 1.38 bits per heavy atom. The number of hydrogen-bond donors (Lipinski definition) is 0. The molecule has 0 aromatic carbocycles. The zero-order valence-electron chi connectivity index (χ0n) is 13.6. The van der Waals surface area contributed by atoms with Gasteiger partial charge in [0.15, 0.2) is 0 Å². The fourth-order valence-electron chi connectivity index (χ4n) is 2.58. The second-order valence-electron chi connectivity index (χ2n) is 5.55. The van der Waals surface area contributed by atoms with Gasteiger partial charge in [-0.3, -0.25) is 4.79 Å². The van der Waals surface area contributed by atoms with Crippen molar-refractivity contribution in [1.82, 2.24) is 14.9 Å². The van der Waals surface area contributed by atoms with Crippen molar-refractivity contribution < 1.29 is 14.3 Å². The van der Waals surface area contributed by atoms with Crippen LogP contribution in [-0.2, 0) is 9.53 Å². The highest BCUT2D eigenvalue weighted by atomic mass is 35.5. The van der Waals surface area contributed by atoms with Crippen molar-refractivity contribution in [3.8, 4) is 5.88 Å². The van der Waals surface area contributed by atoms with Gasteiger partial charge in [0.2, 0.25) is 11.8 Å². The van der Waals surface area contributed by atoms with Gasteiger partial charge in [-0.05, 0) is 13.0 Å². The molecule has 24 heavy (non-hydrogen) atoms. The molecule has 0 radical (unpaired) electrons. The Labute approximate surface area is 145 Å². The lowest BCUT2D eigenvalue weighted by Gasteiger charge is -2.38. The summed E-state index contributed by atoms with van der Waals surface area (Å²) in [5, 5.41) is 1.93. The summed E-state index contributed by atoms with van der Waals surface area (Å²) in [4.78, 5) is 21.5. The number of amides is 1. The van der Waals surface area contributed by atoms with E-state index in [9.17, 15) is 4.79 Å². The molecule has 0 unspecified atom stereocenters. The summed E-state index contributed by atoms with van der Waals surface area (Å²) in [6.45, 7) is 9.01. The van der Waals surface area contributed by atoms with E-state index in [1.165, 1.54) is 0 Å². The molecular weight excluding hydrogens is 330 g/mol. The third kappa shape index (κ3) is 3.14. The lowest BCUT2D eigenvalue weighted by Crippen LogP contribution is -2.55. The van der Waals surface area contributed by atoms with Crippen molar-refractivity contribution in [3.05, 3.63) is 35.8 Å². The van der Waals surface area contributed by atoms with Gasteiger partial charge in [0.1, 0.15) is 17.0 Å². The number of halogens is 1. The summed E-state index contributed by atoms with van der Waals surface area (Å²) in [6.07, 6.45) is 3.22. The highest BCUT2D eigenvalue weighted by Gasteiger charge is 2.31. The molecule has 0 bridgehead atoms. The number of nitrogens with zero attached hydrogens (tertiary/aromatic N) is 3. The third-order valence-corrected chi connectivity index (χ3v) is 4.10. The highest BCUT2D eigenvalue weighted by molar-refractivity contribution is 6.30. The van der Waals surface area contributed by atoms with E-state index >= 15 is 0 Å². The van der Waals surface area contributed by atoms with Crippen molar-refractivity contribution in [3.63, 3.8) is 0 Å². The largest absolute Gasteiger partial charge is 0.494 e. The van der Waals surface area contributed by atoms with E-state index in [-0.39, 0.29) is 12.0 Å². The first-order valence-electron chi connectivity index (χ1n) is 7.68. The van der Waals surface area contributed by atoms with E-state index in [4.69, 9.17) is 21.1 Å². The van der Waals surface area contributed by atoms with E-state index in [2.05, 4.69) is 16.5 Å². The zero-order valence-corrected chi connectivity index (χ0v) is 14.3.